The molecule has 0 aliphatic carbocycles. The molecule has 3 N–H and O–H groups in total. The number of nitrogens with two attached hydrogens (primary N) is 1. The maximum Gasteiger partial charge on any atom is 0.411 e. The number of rotatable bonds is 7. The molecule has 6 heteroatoms. The quantitative estimate of drug-likeness (QED) is 0.547. The Balaban J connectivity index is 1.96. The summed E-state index contributed by atoms with van der Waals surface area (Å²) < 4.78 is 12.7. The fraction of sp³-hybridized carbons (Fsp3) is 0.318. The number of hydrogen-bond donors (Lipinski definition) is 2. The molecule has 28 heavy (non-hydrogen) atoms. The van der Waals surface area contributed by atoms with Crippen LogP contribution in [-0.4, -0.2) is 24.4 Å². The first-order valence-corrected chi connectivity index (χ1v) is 9.59. The molecule has 0 unspecified atom stereocenters. The van der Waals surface area contributed by atoms with Crippen molar-refractivity contribution in [1.82, 2.24) is 4.57 Å². The fourth-order valence-electron chi connectivity index (χ4n) is 3.33. The van der Waals surface area contributed by atoms with Gasteiger partial charge in [0.15, 0.2) is 0 Å². The highest BCUT2D eigenvalue weighted by atomic mass is 16.5. The molecule has 0 radical (unpaired) electrons. The zero-order valence-corrected chi connectivity index (χ0v) is 16.6. The molecule has 2 aromatic carbocycles. The minimum Gasteiger partial charge on any atom is -0.497 e. The predicted octanol–water partition coefficient (Wildman–Crippen LogP) is 5.27. The van der Waals surface area contributed by atoms with Crippen LogP contribution in [0.1, 0.15) is 26.7 Å². The number of amides is 1. The highest BCUT2D eigenvalue weighted by Gasteiger charge is 2.17. The summed E-state index contributed by atoms with van der Waals surface area (Å²) in [6.07, 6.45) is 1.39. The van der Waals surface area contributed by atoms with Gasteiger partial charge in [-0.15, -0.1) is 0 Å². The summed E-state index contributed by atoms with van der Waals surface area (Å²) in [5.74, 6) is 0.788. The van der Waals surface area contributed by atoms with E-state index in [1.54, 1.807) is 7.11 Å². The van der Waals surface area contributed by atoms with Gasteiger partial charge in [0, 0.05) is 29.2 Å². The maximum absolute atomic E-state index is 12.0. The van der Waals surface area contributed by atoms with E-state index in [4.69, 9.17) is 15.2 Å². The van der Waals surface area contributed by atoms with Crippen LogP contribution in [0.2, 0.25) is 0 Å². The monoisotopic (exact) mass is 381 g/mol. The first kappa shape index (κ1) is 19.6. The Morgan fingerprint density at radius 3 is 2.71 bits per heavy atom. The van der Waals surface area contributed by atoms with Crippen LogP contribution in [0.3, 0.4) is 0 Å². The number of fused-ring (bicyclic) bond motifs is 1. The van der Waals surface area contributed by atoms with E-state index in [-0.39, 0.29) is 0 Å². The third-order valence-corrected chi connectivity index (χ3v) is 4.74. The number of hydrogen-bond acceptors (Lipinski definition) is 4. The second-order valence-corrected chi connectivity index (χ2v) is 6.58. The molecule has 0 bridgehead atoms. The van der Waals surface area contributed by atoms with Crippen molar-refractivity contribution < 1.29 is 14.3 Å². The van der Waals surface area contributed by atoms with Crippen LogP contribution in [0.4, 0.5) is 16.2 Å². The lowest BCUT2D eigenvalue weighted by Gasteiger charge is -2.12. The third-order valence-electron chi connectivity index (χ3n) is 4.74. The molecule has 148 valence electrons. The van der Waals surface area contributed by atoms with Gasteiger partial charge in [-0.05, 0) is 37.6 Å². The van der Waals surface area contributed by atoms with Crippen LogP contribution < -0.4 is 15.8 Å². The number of methoxy groups -OCH3 is 1. The SMILES string of the molecule is CCCCOC(=O)Nc1cccc(-c2c(N)c3ccc(OC)cc3n2CC)c1. The van der Waals surface area contributed by atoms with E-state index in [0.717, 1.165) is 47.3 Å². The van der Waals surface area contributed by atoms with E-state index in [1.807, 2.05) is 42.5 Å². The van der Waals surface area contributed by atoms with Gasteiger partial charge in [-0.1, -0.05) is 25.5 Å². The Labute approximate surface area is 165 Å². The first-order chi connectivity index (χ1) is 13.6. The van der Waals surface area contributed by atoms with Crippen molar-refractivity contribution in [2.45, 2.75) is 33.2 Å². The summed E-state index contributed by atoms with van der Waals surface area (Å²) in [6.45, 7) is 5.31. The molecule has 0 saturated heterocycles. The largest absolute Gasteiger partial charge is 0.497 e. The lowest BCUT2D eigenvalue weighted by Crippen LogP contribution is -2.14. The summed E-state index contributed by atoms with van der Waals surface area (Å²) in [5.41, 5.74) is 10.8. The van der Waals surface area contributed by atoms with Crippen LogP contribution in [0.25, 0.3) is 22.2 Å². The Bertz CT molecular complexity index is 979. The third kappa shape index (κ3) is 3.91. The molecule has 1 heterocycles. The Hall–Kier alpha value is -3.15. The average Bonchev–Trinajstić information content (AvgIpc) is 2.99. The van der Waals surface area contributed by atoms with Crippen LogP contribution in [-0.2, 0) is 11.3 Å². The van der Waals surface area contributed by atoms with Crippen LogP contribution in [0, 0.1) is 0 Å². The van der Waals surface area contributed by atoms with Gasteiger partial charge in [-0.25, -0.2) is 4.79 Å². The van der Waals surface area contributed by atoms with Gasteiger partial charge in [0.2, 0.25) is 0 Å². The molecule has 3 rings (SSSR count). The highest BCUT2D eigenvalue weighted by molar-refractivity contribution is 6.01. The minimum atomic E-state index is -0.445. The number of carbonyl (C=O) groups is 1. The zero-order chi connectivity index (χ0) is 20.1. The number of anilines is 2. The summed E-state index contributed by atoms with van der Waals surface area (Å²) in [6, 6.07) is 13.5. The Morgan fingerprint density at radius 1 is 1.18 bits per heavy atom. The van der Waals surface area contributed by atoms with Crippen molar-refractivity contribution in [3.05, 3.63) is 42.5 Å². The normalized spacial score (nSPS) is 10.8. The standard InChI is InChI=1S/C22H27N3O3/c1-4-6-12-28-22(26)24-16-9-7-8-15(13-16)21-20(23)18-11-10-17(27-3)14-19(18)25(21)5-2/h7-11,13-14H,4-6,12,23H2,1-3H3,(H,24,26). The summed E-state index contributed by atoms with van der Waals surface area (Å²) in [4.78, 5) is 12.0. The molecule has 1 aromatic heterocycles. The molecule has 0 atom stereocenters. The summed E-state index contributed by atoms with van der Waals surface area (Å²) in [7, 11) is 1.65. The number of nitrogens with one attached hydrogen (secondary N) is 1. The lowest BCUT2D eigenvalue weighted by molar-refractivity contribution is 0.160. The van der Waals surface area contributed by atoms with E-state index >= 15 is 0 Å². The van der Waals surface area contributed by atoms with Crippen molar-refractivity contribution in [3.8, 4) is 17.0 Å². The lowest BCUT2D eigenvalue weighted by atomic mass is 10.1. The molecular formula is C22H27N3O3. The van der Waals surface area contributed by atoms with E-state index in [1.165, 1.54) is 0 Å². The Kier molecular flexibility index (Phi) is 6.09. The molecule has 0 aliphatic rings. The summed E-state index contributed by atoms with van der Waals surface area (Å²) in [5, 5.41) is 3.77. The molecule has 6 nitrogen and oxygen atoms in total. The van der Waals surface area contributed by atoms with Gasteiger partial charge in [-0.3, -0.25) is 5.32 Å². The number of carbonyl (C=O) groups excluding carboxylic acids is 1. The smallest absolute Gasteiger partial charge is 0.411 e. The van der Waals surface area contributed by atoms with Gasteiger partial charge in [-0.2, -0.15) is 0 Å². The number of aromatic nitrogens is 1. The van der Waals surface area contributed by atoms with E-state index in [9.17, 15) is 4.79 Å². The van der Waals surface area contributed by atoms with Gasteiger partial charge < -0.3 is 19.8 Å². The van der Waals surface area contributed by atoms with Crippen LogP contribution in [0.5, 0.6) is 5.75 Å². The molecule has 0 spiro atoms. The number of benzene rings is 2. The van der Waals surface area contributed by atoms with Crippen molar-refractivity contribution in [3.63, 3.8) is 0 Å². The molecule has 3 aromatic rings. The zero-order valence-electron chi connectivity index (χ0n) is 16.6. The molecule has 0 aliphatic heterocycles. The van der Waals surface area contributed by atoms with Crippen molar-refractivity contribution in [1.29, 1.82) is 0 Å². The average molecular weight is 381 g/mol. The van der Waals surface area contributed by atoms with Crippen molar-refractivity contribution >= 4 is 28.4 Å². The van der Waals surface area contributed by atoms with Gasteiger partial charge in [0.25, 0.3) is 0 Å². The second-order valence-electron chi connectivity index (χ2n) is 6.58. The van der Waals surface area contributed by atoms with E-state index in [0.29, 0.717) is 18.0 Å². The Morgan fingerprint density at radius 2 is 2.00 bits per heavy atom. The van der Waals surface area contributed by atoms with Crippen molar-refractivity contribution in [2.75, 3.05) is 24.8 Å². The van der Waals surface area contributed by atoms with E-state index < -0.39 is 6.09 Å². The number of aryl methyl sites for hydroxylation is 1. The molecular weight excluding hydrogens is 354 g/mol. The first-order valence-electron chi connectivity index (χ1n) is 9.59. The molecule has 0 saturated carbocycles. The topological polar surface area (TPSA) is 78.5 Å². The van der Waals surface area contributed by atoms with Gasteiger partial charge in [0.05, 0.1) is 30.6 Å². The maximum atomic E-state index is 12.0. The predicted molar refractivity (Wildman–Crippen MR) is 114 cm³/mol. The van der Waals surface area contributed by atoms with Crippen molar-refractivity contribution in [2.24, 2.45) is 0 Å². The number of nitrogens with zero attached hydrogens (tertiary/aromatic N) is 1. The number of nitrogen functional groups attached to an aromatic ring is 1. The summed E-state index contributed by atoms with van der Waals surface area (Å²) >= 11 is 0. The van der Waals surface area contributed by atoms with Gasteiger partial charge >= 0.3 is 6.09 Å². The minimum absolute atomic E-state index is 0.418. The number of ether oxygens (including phenoxy) is 2. The van der Waals surface area contributed by atoms with E-state index in [2.05, 4.69) is 23.7 Å². The van der Waals surface area contributed by atoms with Crippen LogP contribution in [0.15, 0.2) is 42.5 Å². The molecule has 1 amide bonds. The fourth-order valence-corrected chi connectivity index (χ4v) is 3.33. The van der Waals surface area contributed by atoms with Gasteiger partial charge in [0.1, 0.15) is 5.75 Å². The van der Waals surface area contributed by atoms with Crippen LogP contribution >= 0.6 is 0 Å². The number of unbranched alkanes of at least 4 members (excludes halogenated alkanes) is 1. The second kappa shape index (κ2) is 8.69. The highest BCUT2D eigenvalue weighted by Crippen LogP contribution is 2.38. The molecule has 0 fully saturated rings.